The second-order valence-electron chi connectivity index (χ2n) is 15.4. The Bertz CT molecular complexity index is 1450. The number of alkyl halides is 2. The van der Waals surface area contributed by atoms with Crippen LogP contribution in [0.1, 0.15) is 87.1 Å². The SMILES string of the molecule is C[C@H]1CC2(C(=O)N3CCC(C4CN([C@@H]5[C@H](Oc6ccc7c(c6)CN(C6CCC(=O)NC6=O)C7=O)CCCC5(F)F)C4)CC3)CC1C2. The Morgan fingerprint density at radius 3 is 2.43 bits per heavy atom. The minimum absolute atomic E-state index is 0.0902. The lowest BCUT2D eigenvalue weighted by molar-refractivity contribution is -0.173. The molecule has 1 unspecified atom stereocenters. The maximum absolute atomic E-state index is 15.5. The Morgan fingerprint density at radius 1 is 0.978 bits per heavy atom. The van der Waals surface area contributed by atoms with Gasteiger partial charge < -0.3 is 14.5 Å². The predicted octanol–water partition coefficient (Wildman–Crippen LogP) is 3.99. The molecule has 1 aromatic carbocycles. The number of carbonyl (C=O) groups is 4. The molecule has 248 valence electrons. The fourth-order valence-electron chi connectivity index (χ4n) is 10.1. The maximum atomic E-state index is 15.5. The van der Waals surface area contributed by atoms with Crippen molar-refractivity contribution in [1.82, 2.24) is 20.0 Å². The number of hydrogen-bond acceptors (Lipinski definition) is 6. The van der Waals surface area contributed by atoms with E-state index in [0.29, 0.717) is 66.5 Å². The fourth-order valence-corrected chi connectivity index (χ4v) is 10.1. The van der Waals surface area contributed by atoms with Gasteiger partial charge in [0.25, 0.3) is 11.8 Å². The van der Waals surface area contributed by atoms with Gasteiger partial charge in [-0.15, -0.1) is 0 Å². The molecule has 0 spiro atoms. The number of benzene rings is 1. The molecule has 0 aromatic heterocycles. The van der Waals surface area contributed by atoms with Crippen molar-refractivity contribution in [3.63, 3.8) is 0 Å². The van der Waals surface area contributed by atoms with Gasteiger partial charge in [-0.1, -0.05) is 6.92 Å². The first-order chi connectivity index (χ1) is 22.0. The van der Waals surface area contributed by atoms with Gasteiger partial charge in [-0.2, -0.15) is 0 Å². The number of rotatable bonds is 6. The maximum Gasteiger partial charge on any atom is 0.266 e. The molecule has 4 atom stereocenters. The van der Waals surface area contributed by atoms with Crippen molar-refractivity contribution in [3.8, 4) is 5.75 Å². The van der Waals surface area contributed by atoms with E-state index < -0.39 is 30.0 Å². The number of ether oxygens (including phenoxy) is 1. The lowest BCUT2D eigenvalue weighted by Gasteiger charge is -2.53. The van der Waals surface area contributed by atoms with Crippen LogP contribution in [-0.2, 0) is 20.9 Å². The van der Waals surface area contributed by atoms with Crippen LogP contribution in [0.4, 0.5) is 8.78 Å². The largest absolute Gasteiger partial charge is 0.489 e. The number of imide groups is 1. The third-order valence-corrected chi connectivity index (χ3v) is 12.7. The quantitative estimate of drug-likeness (QED) is 0.474. The van der Waals surface area contributed by atoms with E-state index in [2.05, 4.69) is 17.1 Å². The molecule has 4 aliphatic heterocycles. The first kappa shape index (κ1) is 30.3. The minimum atomic E-state index is -2.86. The lowest BCUT2D eigenvalue weighted by Crippen LogP contribution is -2.66. The van der Waals surface area contributed by atoms with Gasteiger partial charge >= 0.3 is 0 Å². The van der Waals surface area contributed by atoms with Gasteiger partial charge in [0.1, 0.15) is 23.9 Å². The van der Waals surface area contributed by atoms with Gasteiger partial charge in [-0.05, 0) is 98.8 Å². The normalized spacial score (nSPS) is 36.2. The zero-order valence-corrected chi connectivity index (χ0v) is 26.5. The van der Waals surface area contributed by atoms with E-state index in [1.54, 1.807) is 18.2 Å². The topological polar surface area (TPSA) is 99.3 Å². The van der Waals surface area contributed by atoms with Crippen molar-refractivity contribution in [1.29, 1.82) is 0 Å². The summed E-state index contributed by atoms with van der Waals surface area (Å²) >= 11 is 0. The number of likely N-dealkylation sites (tertiary alicyclic amines) is 2. The first-order valence-corrected chi connectivity index (χ1v) is 17.4. The summed E-state index contributed by atoms with van der Waals surface area (Å²) < 4.78 is 37.4. The average molecular weight is 639 g/mol. The zero-order valence-electron chi connectivity index (χ0n) is 26.5. The van der Waals surface area contributed by atoms with Gasteiger partial charge in [0.05, 0.1) is 5.41 Å². The van der Waals surface area contributed by atoms with Crippen LogP contribution >= 0.6 is 0 Å². The molecule has 4 heterocycles. The van der Waals surface area contributed by atoms with Crippen molar-refractivity contribution in [2.75, 3.05) is 26.2 Å². The highest BCUT2D eigenvalue weighted by Crippen LogP contribution is 2.62. The summed E-state index contributed by atoms with van der Waals surface area (Å²) in [4.78, 5) is 55.9. The number of fused-ring (bicyclic) bond motifs is 2. The fraction of sp³-hybridized carbons (Fsp3) is 0.714. The van der Waals surface area contributed by atoms with E-state index in [1.807, 2.05) is 4.90 Å². The van der Waals surface area contributed by atoms with E-state index >= 15 is 8.78 Å². The van der Waals surface area contributed by atoms with Crippen LogP contribution in [0.15, 0.2) is 18.2 Å². The van der Waals surface area contributed by atoms with Crippen LogP contribution in [0.25, 0.3) is 0 Å². The van der Waals surface area contributed by atoms with E-state index in [4.69, 9.17) is 4.74 Å². The molecule has 2 bridgehead atoms. The Kier molecular flexibility index (Phi) is 7.23. The molecule has 8 aliphatic rings. The van der Waals surface area contributed by atoms with Crippen molar-refractivity contribution in [3.05, 3.63) is 29.3 Å². The van der Waals surface area contributed by atoms with Crippen molar-refractivity contribution in [2.45, 2.75) is 102 Å². The number of amides is 4. The number of carbonyl (C=O) groups excluding carboxylic acids is 4. The smallest absolute Gasteiger partial charge is 0.266 e. The number of hydrogen-bond donors (Lipinski definition) is 1. The molecule has 9 nitrogen and oxygen atoms in total. The summed E-state index contributed by atoms with van der Waals surface area (Å²) in [7, 11) is 0. The minimum Gasteiger partial charge on any atom is -0.489 e. The Hall–Kier alpha value is -3.08. The Morgan fingerprint density at radius 2 is 1.74 bits per heavy atom. The second kappa shape index (κ2) is 11.0. The van der Waals surface area contributed by atoms with Crippen LogP contribution in [0.3, 0.4) is 0 Å². The summed E-state index contributed by atoms with van der Waals surface area (Å²) in [5.74, 6) is -0.924. The molecular formula is C35H44F2N4O5. The van der Waals surface area contributed by atoms with Crippen molar-refractivity contribution >= 4 is 23.6 Å². The number of nitrogens with zero attached hydrogens (tertiary/aromatic N) is 3. The highest BCUT2D eigenvalue weighted by Gasteiger charge is 2.60. The average Bonchev–Trinajstić information content (AvgIpc) is 3.61. The molecule has 7 fully saturated rings. The standard InChI is InChI=1S/C35H44F2N4O5/c1-20-14-34(15-23(20)16-34)33(45)39-11-8-21(9-12-39)24-17-40(18-24)30-28(3-2-10-35(30,36)37)46-25-4-5-26-22(13-25)19-41(32(26)44)27-6-7-29(42)38-31(27)43/h4-5,13,20-21,23-24,27-28,30H,2-3,6-12,14-19H2,1H3,(H,38,42,43)/t20-,23?,27?,28+,30+,34?/m0/s1. The molecular weight excluding hydrogens is 594 g/mol. The molecule has 4 saturated carbocycles. The van der Waals surface area contributed by atoms with Crippen LogP contribution in [0.2, 0.25) is 0 Å². The van der Waals surface area contributed by atoms with Crippen LogP contribution in [0.5, 0.6) is 5.75 Å². The molecule has 0 radical (unpaired) electrons. The molecule has 1 N–H and O–H groups in total. The highest BCUT2D eigenvalue weighted by molar-refractivity contribution is 6.05. The van der Waals surface area contributed by atoms with Crippen molar-refractivity contribution in [2.24, 2.45) is 29.1 Å². The van der Waals surface area contributed by atoms with Crippen LogP contribution < -0.4 is 10.1 Å². The van der Waals surface area contributed by atoms with Gasteiger partial charge in [-0.25, -0.2) is 8.78 Å². The van der Waals surface area contributed by atoms with Crippen LogP contribution in [-0.4, -0.2) is 88.6 Å². The van der Waals surface area contributed by atoms with Gasteiger partial charge in [0, 0.05) is 51.1 Å². The Labute approximate surface area is 268 Å². The summed E-state index contributed by atoms with van der Waals surface area (Å²) in [5, 5.41) is 2.31. The molecule has 1 aromatic rings. The zero-order chi connectivity index (χ0) is 32.0. The van der Waals surface area contributed by atoms with Gasteiger partial charge in [-0.3, -0.25) is 29.4 Å². The number of halogens is 2. The van der Waals surface area contributed by atoms with Crippen molar-refractivity contribution < 1.29 is 32.7 Å². The predicted molar refractivity (Wildman–Crippen MR) is 163 cm³/mol. The molecule has 3 saturated heterocycles. The third-order valence-electron chi connectivity index (χ3n) is 12.7. The number of piperidine rings is 2. The van der Waals surface area contributed by atoms with E-state index in [9.17, 15) is 19.2 Å². The third kappa shape index (κ3) is 4.94. The molecule has 4 amide bonds. The lowest BCUT2D eigenvalue weighted by atomic mass is 9.68. The summed E-state index contributed by atoms with van der Waals surface area (Å²) in [6.45, 7) is 5.31. The van der Waals surface area contributed by atoms with E-state index in [0.717, 1.165) is 51.1 Å². The van der Waals surface area contributed by atoms with E-state index in [-0.39, 0.29) is 43.0 Å². The first-order valence-electron chi connectivity index (χ1n) is 17.4. The summed E-state index contributed by atoms with van der Waals surface area (Å²) in [5.41, 5.74) is 1.07. The van der Waals surface area contributed by atoms with Gasteiger partial charge in [0.15, 0.2) is 0 Å². The van der Waals surface area contributed by atoms with E-state index in [1.165, 1.54) is 4.90 Å². The molecule has 9 rings (SSSR count). The van der Waals surface area contributed by atoms with Gasteiger partial charge in [0.2, 0.25) is 17.7 Å². The molecule has 11 heteroatoms. The van der Waals surface area contributed by atoms with Crippen LogP contribution in [0, 0.1) is 29.1 Å². The highest BCUT2D eigenvalue weighted by atomic mass is 19.3. The second-order valence-corrected chi connectivity index (χ2v) is 15.4. The number of nitrogens with one attached hydrogen (secondary N) is 1. The molecule has 46 heavy (non-hydrogen) atoms. The summed E-state index contributed by atoms with van der Waals surface area (Å²) in [6, 6.07) is 3.34. The summed E-state index contributed by atoms with van der Waals surface area (Å²) in [6.07, 6.45) is 5.60. The monoisotopic (exact) mass is 638 g/mol. The molecule has 4 aliphatic carbocycles. The Balaban J connectivity index is 0.884.